The van der Waals surface area contributed by atoms with E-state index >= 15 is 0 Å². The molecular formula is C14H27N3O3. The molecule has 1 N–H and O–H groups in total. The van der Waals surface area contributed by atoms with Crippen molar-refractivity contribution in [2.75, 3.05) is 47.2 Å². The van der Waals surface area contributed by atoms with Gasteiger partial charge in [-0.3, -0.25) is 4.68 Å². The maximum atomic E-state index is 5.54. The van der Waals surface area contributed by atoms with Crippen molar-refractivity contribution >= 4 is 0 Å². The summed E-state index contributed by atoms with van der Waals surface area (Å²) >= 11 is 0. The number of aryl methyl sites for hydroxylation is 1. The lowest BCUT2D eigenvalue weighted by atomic mass is 10.2. The van der Waals surface area contributed by atoms with Gasteiger partial charge in [0.2, 0.25) is 0 Å². The predicted molar refractivity (Wildman–Crippen MR) is 78.0 cm³/mol. The largest absolute Gasteiger partial charge is 0.382 e. The summed E-state index contributed by atoms with van der Waals surface area (Å²) in [4.78, 5) is 0. The molecule has 116 valence electrons. The molecule has 6 nitrogen and oxygen atoms in total. The van der Waals surface area contributed by atoms with Crippen LogP contribution in [0.25, 0.3) is 0 Å². The maximum absolute atomic E-state index is 5.54. The number of ether oxygens (including phenoxy) is 3. The van der Waals surface area contributed by atoms with Gasteiger partial charge in [-0.1, -0.05) is 0 Å². The van der Waals surface area contributed by atoms with Crippen molar-refractivity contribution in [2.45, 2.75) is 26.9 Å². The standard InChI is InChI=1S/C14H27N3O3/c1-12-14(11-15-3)13(2)17(16-12)5-6-19-9-10-20-8-7-18-4/h15H,5-11H2,1-4H3. The van der Waals surface area contributed by atoms with Gasteiger partial charge in [-0.05, 0) is 20.9 Å². The summed E-state index contributed by atoms with van der Waals surface area (Å²) in [7, 11) is 3.61. The van der Waals surface area contributed by atoms with Gasteiger partial charge in [0.15, 0.2) is 0 Å². The van der Waals surface area contributed by atoms with Gasteiger partial charge < -0.3 is 19.5 Å². The van der Waals surface area contributed by atoms with Crippen molar-refractivity contribution < 1.29 is 14.2 Å². The van der Waals surface area contributed by atoms with Gasteiger partial charge in [0.25, 0.3) is 0 Å². The highest BCUT2D eigenvalue weighted by molar-refractivity contribution is 5.24. The van der Waals surface area contributed by atoms with Gasteiger partial charge in [0.05, 0.1) is 45.3 Å². The van der Waals surface area contributed by atoms with Crippen LogP contribution in [-0.4, -0.2) is 57.0 Å². The van der Waals surface area contributed by atoms with Gasteiger partial charge in [-0.2, -0.15) is 5.10 Å². The van der Waals surface area contributed by atoms with E-state index in [0.717, 1.165) is 18.8 Å². The van der Waals surface area contributed by atoms with Gasteiger partial charge in [-0.15, -0.1) is 0 Å². The zero-order valence-electron chi connectivity index (χ0n) is 13.1. The molecule has 0 bridgehead atoms. The minimum absolute atomic E-state index is 0.603. The topological polar surface area (TPSA) is 57.5 Å². The molecule has 0 saturated carbocycles. The van der Waals surface area contributed by atoms with Crippen LogP contribution in [0.1, 0.15) is 17.0 Å². The Hall–Kier alpha value is -0.950. The highest BCUT2D eigenvalue weighted by Gasteiger charge is 2.09. The van der Waals surface area contributed by atoms with Crippen molar-refractivity contribution in [1.29, 1.82) is 0 Å². The SMILES string of the molecule is CNCc1c(C)nn(CCOCCOCCOC)c1C. The van der Waals surface area contributed by atoms with E-state index in [1.54, 1.807) is 7.11 Å². The number of nitrogens with zero attached hydrogens (tertiary/aromatic N) is 2. The van der Waals surface area contributed by atoms with Crippen LogP contribution in [0.3, 0.4) is 0 Å². The van der Waals surface area contributed by atoms with Gasteiger partial charge in [-0.25, -0.2) is 0 Å². The fourth-order valence-corrected chi connectivity index (χ4v) is 2.00. The second kappa shape index (κ2) is 9.88. The molecule has 0 aromatic carbocycles. The predicted octanol–water partition coefficient (Wildman–Crippen LogP) is 0.899. The monoisotopic (exact) mass is 285 g/mol. The highest BCUT2D eigenvalue weighted by atomic mass is 16.5. The Morgan fingerprint density at radius 1 is 1.05 bits per heavy atom. The van der Waals surface area contributed by atoms with Gasteiger partial charge in [0, 0.05) is 24.9 Å². The van der Waals surface area contributed by atoms with Crippen LogP contribution in [0.15, 0.2) is 0 Å². The van der Waals surface area contributed by atoms with Crippen LogP contribution in [0, 0.1) is 13.8 Å². The molecule has 0 fully saturated rings. The molecule has 0 radical (unpaired) electrons. The van der Waals surface area contributed by atoms with Crippen molar-refractivity contribution in [3.63, 3.8) is 0 Å². The number of nitrogens with one attached hydrogen (secondary N) is 1. The summed E-state index contributed by atoms with van der Waals surface area (Å²) < 4.78 is 17.8. The van der Waals surface area contributed by atoms with Gasteiger partial charge >= 0.3 is 0 Å². The van der Waals surface area contributed by atoms with E-state index in [9.17, 15) is 0 Å². The third-order valence-electron chi connectivity index (χ3n) is 3.14. The molecule has 0 saturated heterocycles. The first-order chi connectivity index (χ1) is 9.70. The van der Waals surface area contributed by atoms with E-state index in [4.69, 9.17) is 14.2 Å². The zero-order chi connectivity index (χ0) is 14.8. The smallest absolute Gasteiger partial charge is 0.0701 e. The fourth-order valence-electron chi connectivity index (χ4n) is 2.00. The average molecular weight is 285 g/mol. The van der Waals surface area contributed by atoms with E-state index in [-0.39, 0.29) is 0 Å². The van der Waals surface area contributed by atoms with Crippen LogP contribution in [0.4, 0.5) is 0 Å². The number of methoxy groups -OCH3 is 1. The Labute approximate surface area is 121 Å². The Balaban J connectivity index is 2.20. The van der Waals surface area contributed by atoms with E-state index in [1.807, 2.05) is 18.7 Å². The molecule has 0 atom stereocenters. The molecule has 0 aliphatic heterocycles. The molecular weight excluding hydrogens is 258 g/mol. The van der Waals surface area contributed by atoms with Gasteiger partial charge in [0.1, 0.15) is 0 Å². The second-order valence-corrected chi connectivity index (χ2v) is 4.62. The van der Waals surface area contributed by atoms with Crippen LogP contribution in [-0.2, 0) is 27.3 Å². The zero-order valence-corrected chi connectivity index (χ0v) is 13.1. The fraction of sp³-hybridized carbons (Fsp3) is 0.786. The molecule has 0 amide bonds. The summed E-state index contributed by atoms with van der Waals surface area (Å²) in [5.74, 6) is 0. The van der Waals surface area contributed by atoms with Crippen LogP contribution in [0.5, 0.6) is 0 Å². The lowest BCUT2D eigenvalue weighted by molar-refractivity contribution is 0.0224. The number of hydrogen-bond acceptors (Lipinski definition) is 5. The van der Waals surface area contributed by atoms with Crippen LogP contribution >= 0.6 is 0 Å². The van der Waals surface area contributed by atoms with E-state index in [2.05, 4.69) is 17.3 Å². The molecule has 0 spiro atoms. The first-order valence-corrected chi connectivity index (χ1v) is 7.02. The summed E-state index contributed by atoms with van der Waals surface area (Å²) in [5, 5.41) is 7.70. The summed E-state index contributed by atoms with van der Waals surface area (Å²) in [6, 6.07) is 0. The summed E-state index contributed by atoms with van der Waals surface area (Å²) in [6.07, 6.45) is 0. The van der Waals surface area contributed by atoms with Crippen LogP contribution < -0.4 is 5.32 Å². The second-order valence-electron chi connectivity index (χ2n) is 4.62. The Kier molecular flexibility index (Phi) is 8.45. The van der Waals surface area contributed by atoms with E-state index in [0.29, 0.717) is 33.0 Å². The van der Waals surface area contributed by atoms with Crippen molar-refractivity contribution in [3.8, 4) is 0 Å². The lowest BCUT2D eigenvalue weighted by Gasteiger charge is -2.07. The molecule has 0 aliphatic rings. The minimum Gasteiger partial charge on any atom is -0.382 e. The van der Waals surface area contributed by atoms with E-state index < -0.39 is 0 Å². The molecule has 0 unspecified atom stereocenters. The first-order valence-electron chi connectivity index (χ1n) is 7.02. The summed E-state index contributed by atoms with van der Waals surface area (Å²) in [5.41, 5.74) is 3.56. The highest BCUT2D eigenvalue weighted by Crippen LogP contribution is 2.12. The number of hydrogen-bond donors (Lipinski definition) is 1. The third kappa shape index (κ3) is 5.58. The third-order valence-corrected chi connectivity index (χ3v) is 3.14. The maximum Gasteiger partial charge on any atom is 0.0701 e. The first kappa shape index (κ1) is 17.1. The Morgan fingerprint density at radius 2 is 1.70 bits per heavy atom. The van der Waals surface area contributed by atoms with E-state index in [1.165, 1.54) is 11.3 Å². The van der Waals surface area contributed by atoms with Crippen LogP contribution in [0.2, 0.25) is 0 Å². The molecule has 0 aliphatic carbocycles. The normalized spacial score (nSPS) is 11.2. The molecule has 20 heavy (non-hydrogen) atoms. The number of aromatic nitrogens is 2. The van der Waals surface area contributed by atoms with Crippen molar-refractivity contribution in [1.82, 2.24) is 15.1 Å². The quantitative estimate of drug-likeness (QED) is 0.612. The molecule has 6 heteroatoms. The average Bonchev–Trinajstić information content (AvgIpc) is 2.70. The summed E-state index contributed by atoms with van der Waals surface area (Å²) in [6.45, 7) is 8.86. The minimum atomic E-state index is 0.603. The molecule has 1 heterocycles. The van der Waals surface area contributed by atoms with Crippen molar-refractivity contribution in [2.24, 2.45) is 0 Å². The molecule has 1 rings (SSSR count). The lowest BCUT2D eigenvalue weighted by Crippen LogP contribution is -2.13. The number of rotatable bonds is 11. The van der Waals surface area contributed by atoms with Crippen molar-refractivity contribution in [3.05, 3.63) is 17.0 Å². The Morgan fingerprint density at radius 3 is 2.35 bits per heavy atom. The Bertz CT molecular complexity index is 380. The molecule has 1 aromatic rings. The molecule has 1 aromatic heterocycles.